The third-order valence-corrected chi connectivity index (χ3v) is 3.66. The highest BCUT2D eigenvalue weighted by Crippen LogP contribution is 2.29. The highest BCUT2D eigenvalue weighted by atomic mass is 16.7. The van der Waals surface area contributed by atoms with E-state index in [1.54, 1.807) is 35.8 Å². The summed E-state index contributed by atoms with van der Waals surface area (Å²) >= 11 is 0. The molecule has 4 atom stereocenters. The first-order valence-corrected chi connectivity index (χ1v) is 7.53. The van der Waals surface area contributed by atoms with Crippen LogP contribution in [0.1, 0.15) is 6.23 Å². The molecule has 3 rings (SSSR count). The molecular weight excluding hydrogens is 348 g/mol. The normalized spacial score (nSPS) is 24.9. The lowest BCUT2D eigenvalue weighted by Crippen LogP contribution is -2.36. The van der Waals surface area contributed by atoms with Crippen LogP contribution >= 0.6 is 0 Å². The Bertz CT molecular complexity index is 828. The molecule has 0 spiro atoms. The molecule has 0 aliphatic carbocycles. The van der Waals surface area contributed by atoms with Crippen molar-refractivity contribution in [3.05, 3.63) is 53.1 Å². The zero-order chi connectivity index (χ0) is 18.7. The lowest BCUT2D eigenvalue weighted by atomic mass is 10.2. The highest BCUT2D eigenvalue weighted by molar-refractivity contribution is 5.84. The number of rotatable bonds is 4. The molecule has 26 heavy (non-hydrogen) atoms. The second kappa shape index (κ2) is 7.49. The Kier molecular flexibility index (Phi) is 5.14. The van der Waals surface area contributed by atoms with Crippen LogP contribution in [0.4, 0.5) is 16.3 Å². The molecule has 2 heterocycles. The summed E-state index contributed by atoms with van der Waals surface area (Å²) in [7, 11) is 0. The molecule has 0 unspecified atom stereocenters. The standard InChI is InChI=1S/C15H16N4O7/c20-10-11(21)13(26-15(23)16-8-4-2-1-3-5-8)25-12(10)19-7-6-9(18-24)17-14(19)22/h1-7,10-13,20-21,24H,(H,16,23)(H,17,18,22)/t10-,11+,12-,13-/m1/s1. The van der Waals surface area contributed by atoms with Gasteiger partial charge < -0.3 is 19.7 Å². The molecule has 1 saturated heterocycles. The van der Waals surface area contributed by atoms with Crippen LogP contribution in [-0.2, 0) is 9.47 Å². The molecule has 1 aromatic heterocycles. The Morgan fingerprint density at radius 3 is 2.58 bits per heavy atom. The molecule has 1 fully saturated rings. The van der Waals surface area contributed by atoms with Crippen molar-refractivity contribution < 1.29 is 29.7 Å². The van der Waals surface area contributed by atoms with Gasteiger partial charge >= 0.3 is 11.8 Å². The molecule has 1 aliphatic rings. The molecule has 11 nitrogen and oxygen atoms in total. The Hall–Kier alpha value is -2.99. The van der Waals surface area contributed by atoms with Crippen LogP contribution in [0.15, 0.2) is 47.4 Å². The Morgan fingerprint density at radius 1 is 1.19 bits per heavy atom. The van der Waals surface area contributed by atoms with Crippen molar-refractivity contribution in [1.82, 2.24) is 9.55 Å². The summed E-state index contributed by atoms with van der Waals surface area (Å²) in [5.41, 5.74) is 1.32. The summed E-state index contributed by atoms with van der Waals surface area (Å²) in [6.07, 6.45) is -5.66. The number of nitrogens with one attached hydrogen (secondary N) is 2. The number of ether oxygens (including phenoxy) is 2. The van der Waals surface area contributed by atoms with Gasteiger partial charge in [-0.15, -0.1) is 0 Å². The zero-order valence-electron chi connectivity index (χ0n) is 13.2. The quantitative estimate of drug-likeness (QED) is 0.466. The number of para-hydroxylation sites is 1. The smallest absolute Gasteiger partial charge is 0.414 e. The van der Waals surface area contributed by atoms with Crippen molar-refractivity contribution >= 4 is 17.6 Å². The maximum absolute atomic E-state index is 11.9. The maximum Gasteiger partial charge on any atom is 0.414 e. The minimum absolute atomic E-state index is 0.102. The van der Waals surface area contributed by atoms with Crippen molar-refractivity contribution in [2.24, 2.45) is 0 Å². The number of nitrogens with zero attached hydrogens (tertiary/aromatic N) is 2. The fourth-order valence-electron chi connectivity index (χ4n) is 2.40. The van der Waals surface area contributed by atoms with Crippen LogP contribution in [0.25, 0.3) is 0 Å². The molecule has 0 saturated carbocycles. The Labute approximate surface area is 146 Å². The number of anilines is 2. The molecule has 1 amide bonds. The van der Waals surface area contributed by atoms with Gasteiger partial charge in [0.2, 0.25) is 6.29 Å². The summed E-state index contributed by atoms with van der Waals surface area (Å²) in [4.78, 5) is 27.3. The maximum atomic E-state index is 11.9. The second-order valence-electron chi connectivity index (χ2n) is 5.39. The average Bonchev–Trinajstić information content (AvgIpc) is 2.90. The van der Waals surface area contributed by atoms with E-state index in [1.807, 2.05) is 0 Å². The van der Waals surface area contributed by atoms with Gasteiger partial charge in [0.25, 0.3) is 0 Å². The van der Waals surface area contributed by atoms with Gasteiger partial charge in [-0.25, -0.2) is 9.59 Å². The van der Waals surface area contributed by atoms with Gasteiger partial charge in [0, 0.05) is 11.9 Å². The summed E-state index contributed by atoms with van der Waals surface area (Å²) < 4.78 is 11.2. The summed E-state index contributed by atoms with van der Waals surface area (Å²) in [5.74, 6) is -0.102. The number of aromatic nitrogens is 2. The van der Waals surface area contributed by atoms with E-state index in [2.05, 4.69) is 10.3 Å². The first-order valence-electron chi connectivity index (χ1n) is 7.53. The fourth-order valence-corrected chi connectivity index (χ4v) is 2.40. The third-order valence-electron chi connectivity index (χ3n) is 3.66. The van der Waals surface area contributed by atoms with E-state index >= 15 is 0 Å². The van der Waals surface area contributed by atoms with Gasteiger partial charge in [-0.1, -0.05) is 18.2 Å². The zero-order valence-corrected chi connectivity index (χ0v) is 13.2. The number of aliphatic hydroxyl groups excluding tert-OH is 2. The molecule has 1 aliphatic heterocycles. The minimum Gasteiger partial charge on any atom is -0.416 e. The predicted octanol–water partition coefficient (Wildman–Crippen LogP) is -0.130. The first-order chi connectivity index (χ1) is 12.5. The number of carbonyl (C=O) groups excluding carboxylic acids is 1. The van der Waals surface area contributed by atoms with E-state index in [9.17, 15) is 19.8 Å². The molecule has 5 N–H and O–H groups in total. The molecule has 1 aromatic carbocycles. The molecule has 2 aromatic rings. The van der Waals surface area contributed by atoms with Crippen molar-refractivity contribution in [2.75, 3.05) is 10.8 Å². The van der Waals surface area contributed by atoms with Crippen molar-refractivity contribution in [3.8, 4) is 0 Å². The largest absolute Gasteiger partial charge is 0.416 e. The van der Waals surface area contributed by atoms with Crippen molar-refractivity contribution in [2.45, 2.75) is 24.7 Å². The van der Waals surface area contributed by atoms with Crippen LogP contribution in [-0.4, -0.2) is 49.6 Å². The topological polar surface area (TPSA) is 155 Å². The summed E-state index contributed by atoms with van der Waals surface area (Å²) in [6, 6.07) is 9.70. The van der Waals surface area contributed by atoms with Crippen molar-refractivity contribution in [1.29, 1.82) is 0 Å². The van der Waals surface area contributed by atoms with Crippen LogP contribution in [0, 0.1) is 0 Å². The van der Waals surface area contributed by atoms with E-state index in [1.165, 1.54) is 12.3 Å². The number of carbonyl (C=O) groups is 1. The lowest BCUT2D eigenvalue weighted by Gasteiger charge is -2.16. The molecule has 0 radical (unpaired) electrons. The number of hydrogen-bond acceptors (Lipinski definition) is 9. The SMILES string of the molecule is O=C(Nc1ccccc1)O[C@H]1O[C@@H](n2ccc(NO)nc2=O)[C@H](O)[C@@H]1O. The van der Waals surface area contributed by atoms with Gasteiger partial charge in [-0.05, 0) is 18.2 Å². The summed E-state index contributed by atoms with van der Waals surface area (Å²) in [5, 5.41) is 31.3. The average molecular weight is 364 g/mol. The van der Waals surface area contributed by atoms with E-state index in [-0.39, 0.29) is 5.82 Å². The van der Waals surface area contributed by atoms with Gasteiger partial charge in [0.15, 0.2) is 12.0 Å². The van der Waals surface area contributed by atoms with Crippen LogP contribution < -0.4 is 16.5 Å². The van der Waals surface area contributed by atoms with E-state index in [4.69, 9.17) is 14.7 Å². The fraction of sp³-hybridized carbons (Fsp3) is 0.267. The molecular formula is C15H16N4O7. The van der Waals surface area contributed by atoms with Crippen LogP contribution in [0.3, 0.4) is 0 Å². The Balaban J connectivity index is 1.69. The number of aliphatic hydroxyl groups is 2. The van der Waals surface area contributed by atoms with E-state index < -0.39 is 36.5 Å². The molecule has 11 heteroatoms. The van der Waals surface area contributed by atoms with Crippen molar-refractivity contribution in [3.63, 3.8) is 0 Å². The summed E-state index contributed by atoms with van der Waals surface area (Å²) in [6.45, 7) is 0. The lowest BCUT2D eigenvalue weighted by molar-refractivity contribution is -0.142. The first kappa shape index (κ1) is 17.8. The highest BCUT2D eigenvalue weighted by Gasteiger charge is 2.46. The van der Waals surface area contributed by atoms with Gasteiger partial charge in [0.05, 0.1) is 0 Å². The minimum atomic E-state index is -1.58. The van der Waals surface area contributed by atoms with Gasteiger partial charge in [0.1, 0.15) is 12.2 Å². The second-order valence-corrected chi connectivity index (χ2v) is 5.39. The van der Waals surface area contributed by atoms with Gasteiger partial charge in [-0.3, -0.25) is 20.6 Å². The third kappa shape index (κ3) is 3.65. The predicted molar refractivity (Wildman–Crippen MR) is 86.4 cm³/mol. The Morgan fingerprint density at radius 2 is 1.92 bits per heavy atom. The number of amides is 1. The monoisotopic (exact) mass is 364 g/mol. The number of hydrogen-bond donors (Lipinski definition) is 5. The van der Waals surface area contributed by atoms with E-state index in [0.29, 0.717) is 5.69 Å². The number of benzene rings is 1. The molecule has 138 valence electrons. The molecule has 0 bridgehead atoms. The van der Waals surface area contributed by atoms with Gasteiger partial charge in [-0.2, -0.15) is 4.98 Å². The van der Waals surface area contributed by atoms with E-state index in [0.717, 1.165) is 4.57 Å². The van der Waals surface area contributed by atoms with Crippen LogP contribution in [0.5, 0.6) is 0 Å². The van der Waals surface area contributed by atoms with Crippen LogP contribution in [0.2, 0.25) is 0 Å².